The van der Waals surface area contributed by atoms with Crippen LogP contribution in [0.5, 0.6) is 0 Å². The Labute approximate surface area is 38.3 Å². The molecule has 0 bridgehead atoms. The van der Waals surface area contributed by atoms with E-state index in [1.54, 1.807) is 6.08 Å². The van der Waals surface area contributed by atoms with E-state index in [1.807, 2.05) is 6.92 Å². The summed E-state index contributed by atoms with van der Waals surface area (Å²) < 4.78 is 0. The summed E-state index contributed by atoms with van der Waals surface area (Å²) in [6.07, 6.45) is 1.78. The summed E-state index contributed by atoms with van der Waals surface area (Å²) in [6, 6.07) is 0. The van der Waals surface area contributed by atoms with Crippen LogP contribution < -0.4 is 0 Å². The standard InChI is InChI=1S/C4H8S/c1-3-4(2)5/h3-5H,1H2,2H3/t4-/m1/s1. The van der Waals surface area contributed by atoms with Crippen molar-refractivity contribution in [1.82, 2.24) is 0 Å². The number of hydrogen-bond acceptors (Lipinski definition) is 1. The van der Waals surface area contributed by atoms with Gasteiger partial charge in [0.15, 0.2) is 0 Å². The fraction of sp³-hybridized carbons (Fsp3) is 0.500. The van der Waals surface area contributed by atoms with Gasteiger partial charge in [0, 0.05) is 5.25 Å². The lowest BCUT2D eigenvalue weighted by Crippen LogP contribution is -1.75. The van der Waals surface area contributed by atoms with E-state index in [-0.39, 0.29) is 0 Å². The molecule has 0 saturated carbocycles. The average molecular weight is 88.2 g/mol. The van der Waals surface area contributed by atoms with Gasteiger partial charge in [-0.3, -0.25) is 0 Å². The zero-order valence-electron chi connectivity index (χ0n) is 3.31. The molecule has 0 rings (SSSR count). The fourth-order valence-electron chi connectivity index (χ4n) is 0. The SMILES string of the molecule is C=C[C@@H](C)S. The van der Waals surface area contributed by atoms with Crippen LogP contribution in [0.3, 0.4) is 0 Å². The zero-order valence-corrected chi connectivity index (χ0v) is 4.20. The molecule has 0 N–H and O–H groups in total. The van der Waals surface area contributed by atoms with Gasteiger partial charge in [0.05, 0.1) is 0 Å². The summed E-state index contributed by atoms with van der Waals surface area (Å²) >= 11 is 3.98. The van der Waals surface area contributed by atoms with Gasteiger partial charge in [-0.25, -0.2) is 0 Å². The Morgan fingerprint density at radius 1 is 2.00 bits per heavy atom. The summed E-state index contributed by atoms with van der Waals surface area (Å²) in [5.41, 5.74) is 0. The molecule has 0 amide bonds. The number of rotatable bonds is 1. The van der Waals surface area contributed by atoms with Crippen molar-refractivity contribution in [2.75, 3.05) is 0 Å². The Balaban J connectivity index is 2.83. The van der Waals surface area contributed by atoms with E-state index in [1.165, 1.54) is 0 Å². The largest absolute Gasteiger partial charge is 0.172 e. The van der Waals surface area contributed by atoms with E-state index in [9.17, 15) is 0 Å². The van der Waals surface area contributed by atoms with Crippen molar-refractivity contribution in [2.45, 2.75) is 12.2 Å². The number of thiol groups is 1. The summed E-state index contributed by atoms with van der Waals surface area (Å²) in [4.78, 5) is 0. The first-order chi connectivity index (χ1) is 2.27. The predicted octanol–water partition coefficient (Wildman–Crippen LogP) is 1.49. The van der Waals surface area contributed by atoms with Gasteiger partial charge in [-0.15, -0.1) is 6.58 Å². The molecule has 0 unspecified atom stereocenters. The maximum absolute atomic E-state index is 3.98. The van der Waals surface area contributed by atoms with Gasteiger partial charge in [-0.1, -0.05) is 13.0 Å². The molecule has 0 aliphatic heterocycles. The molecule has 0 saturated heterocycles. The van der Waals surface area contributed by atoms with Crippen molar-refractivity contribution in [1.29, 1.82) is 0 Å². The topological polar surface area (TPSA) is 0 Å². The Morgan fingerprint density at radius 3 is 2.20 bits per heavy atom. The molecule has 0 fully saturated rings. The summed E-state index contributed by atoms with van der Waals surface area (Å²) in [5.74, 6) is 0. The number of hydrogen-bond donors (Lipinski definition) is 1. The molecule has 0 nitrogen and oxygen atoms in total. The first kappa shape index (κ1) is 5.09. The third kappa shape index (κ3) is 4.09. The van der Waals surface area contributed by atoms with E-state index in [0.29, 0.717) is 5.25 Å². The highest BCUT2D eigenvalue weighted by atomic mass is 32.1. The third-order valence-electron chi connectivity index (χ3n) is 0.341. The molecule has 1 heteroatoms. The molecule has 0 heterocycles. The minimum absolute atomic E-state index is 0.343. The molecule has 30 valence electrons. The van der Waals surface area contributed by atoms with Crippen LogP contribution in [0.15, 0.2) is 12.7 Å². The molecular weight excluding hydrogens is 80.1 g/mol. The Kier molecular flexibility index (Phi) is 2.38. The molecule has 5 heavy (non-hydrogen) atoms. The minimum Gasteiger partial charge on any atom is -0.172 e. The maximum Gasteiger partial charge on any atom is 0.0165 e. The van der Waals surface area contributed by atoms with Crippen molar-refractivity contribution in [3.63, 3.8) is 0 Å². The normalized spacial score (nSPS) is 14.0. The lowest BCUT2D eigenvalue weighted by Gasteiger charge is -1.83. The van der Waals surface area contributed by atoms with Gasteiger partial charge >= 0.3 is 0 Å². The predicted molar refractivity (Wildman–Crippen MR) is 28.6 cm³/mol. The lowest BCUT2D eigenvalue weighted by molar-refractivity contribution is 1.27. The smallest absolute Gasteiger partial charge is 0.0165 e. The van der Waals surface area contributed by atoms with Crippen LogP contribution in [0.25, 0.3) is 0 Å². The highest BCUT2D eigenvalue weighted by Gasteiger charge is 1.74. The zero-order chi connectivity index (χ0) is 4.28. The maximum atomic E-state index is 3.98. The van der Waals surface area contributed by atoms with Crippen LogP contribution >= 0.6 is 12.6 Å². The first-order valence-corrected chi connectivity index (χ1v) is 2.09. The van der Waals surface area contributed by atoms with Gasteiger partial charge in [-0.05, 0) is 0 Å². The van der Waals surface area contributed by atoms with Crippen molar-refractivity contribution in [2.24, 2.45) is 0 Å². The van der Waals surface area contributed by atoms with Gasteiger partial charge in [0.1, 0.15) is 0 Å². The van der Waals surface area contributed by atoms with E-state index < -0.39 is 0 Å². The van der Waals surface area contributed by atoms with Crippen molar-refractivity contribution < 1.29 is 0 Å². The van der Waals surface area contributed by atoms with Crippen LogP contribution in [0.1, 0.15) is 6.92 Å². The summed E-state index contributed by atoms with van der Waals surface area (Å²) in [7, 11) is 0. The van der Waals surface area contributed by atoms with Crippen LogP contribution in [0.2, 0.25) is 0 Å². The first-order valence-electron chi connectivity index (χ1n) is 1.58. The van der Waals surface area contributed by atoms with E-state index in [2.05, 4.69) is 19.2 Å². The Hall–Kier alpha value is 0.0900. The quantitative estimate of drug-likeness (QED) is 0.364. The molecule has 0 aromatic carbocycles. The second-order valence-electron chi connectivity index (χ2n) is 0.976. The summed E-state index contributed by atoms with van der Waals surface area (Å²) in [5, 5.41) is 0.343. The monoisotopic (exact) mass is 88.0 g/mol. The molecule has 0 aromatic heterocycles. The van der Waals surface area contributed by atoms with E-state index in [4.69, 9.17) is 0 Å². The lowest BCUT2D eigenvalue weighted by atomic mass is 10.5. The van der Waals surface area contributed by atoms with E-state index >= 15 is 0 Å². The van der Waals surface area contributed by atoms with Crippen LogP contribution in [0.4, 0.5) is 0 Å². The molecule has 0 radical (unpaired) electrons. The van der Waals surface area contributed by atoms with Crippen molar-refractivity contribution >= 4 is 12.6 Å². The molecular formula is C4H8S. The Morgan fingerprint density at radius 2 is 2.20 bits per heavy atom. The van der Waals surface area contributed by atoms with Crippen molar-refractivity contribution in [3.8, 4) is 0 Å². The molecule has 0 spiro atoms. The highest BCUT2D eigenvalue weighted by Crippen LogP contribution is 1.88. The second kappa shape index (κ2) is 2.33. The van der Waals surface area contributed by atoms with Gasteiger partial charge < -0.3 is 0 Å². The molecule has 0 aliphatic rings. The molecule has 1 atom stereocenters. The highest BCUT2D eigenvalue weighted by molar-refractivity contribution is 7.81. The Bertz CT molecular complexity index is 30.6. The second-order valence-corrected chi connectivity index (χ2v) is 1.79. The van der Waals surface area contributed by atoms with Crippen LogP contribution in [-0.4, -0.2) is 5.25 Å². The van der Waals surface area contributed by atoms with Crippen LogP contribution in [-0.2, 0) is 0 Å². The molecule has 0 aliphatic carbocycles. The average Bonchev–Trinajstić information content (AvgIpc) is 1.38. The molecule has 0 aromatic rings. The fourth-order valence-corrected chi connectivity index (χ4v) is 0. The van der Waals surface area contributed by atoms with Gasteiger partial charge in [-0.2, -0.15) is 12.6 Å². The van der Waals surface area contributed by atoms with Gasteiger partial charge in [0.25, 0.3) is 0 Å². The third-order valence-corrected chi connectivity index (χ3v) is 0.552. The van der Waals surface area contributed by atoms with Crippen LogP contribution in [0, 0.1) is 0 Å². The minimum atomic E-state index is 0.343. The summed E-state index contributed by atoms with van der Waals surface area (Å²) in [6.45, 7) is 5.45. The van der Waals surface area contributed by atoms with Crippen molar-refractivity contribution in [3.05, 3.63) is 12.7 Å². The van der Waals surface area contributed by atoms with Gasteiger partial charge in [0.2, 0.25) is 0 Å². The van der Waals surface area contributed by atoms with E-state index in [0.717, 1.165) is 0 Å².